The van der Waals surface area contributed by atoms with E-state index in [2.05, 4.69) is 46.8 Å². The van der Waals surface area contributed by atoms with Crippen LogP contribution in [-0.4, -0.2) is 39.0 Å². The van der Waals surface area contributed by atoms with Gasteiger partial charge in [0.2, 0.25) is 11.1 Å². The Morgan fingerprint density at radius 2 is 1.96 bits per heavy atom. The highest BCUT2D eigenvalue weighted by atomic mass is 32.2. The summed E-state index contributed by atoms with van der Waals surface area (Å²) in [6.45, 7) is 6.26. The van der Waals surface area contributed by atoms with Crippen molar-refractivity contribution in [3.05, 3.63) is 53.6 Å². The van der Waals surface area contributed by atoms with Crippen LogP contribution in [-0.2, 0) is 4.79 Å². The highest BCUT2D eigenvalue weighted by molar-refractivity contribution is 7.99. The van der Waals surface area contributed by atoms with Gasteiger partial charge in [-0.15, -0.1) is 5.10 Å². The number of amides is 1. The van der Waals surface area contributed by atoms with Crippen LogP contribution in [0.4, 0.5) is 5.69 Å². The summed E-state index contributed by atoms with van der Waals surface area (Å²) < 4.78 is 6.93. The van der Waals surface area contributed by atoms with Gasteiger partial charge in [-0.3, -0.25) is 4.79 Å². The fourth-order valence-electron chi connectivity index (χ4n) is 2.67. The number of hydrogen-bond acceptors (Lipinski definition) is 6. The maximum Gasteiger partial charge on any atom is 0.234 e. The third-order valence-corrected chi connectivity index (χ3v) is 5.13. The van der Waals surface area contributed by atoms with E-state index < -0.39 is 0 Å². The van der Waals surface area contributed by atoms with Crippen molar-refractivity contribution in [2.45, 2.75) is 31.8 Å². The molecule has 0 spiro atoms. The molecule has 0 aliphatic heterocycles. The van der Waals surface area contributed by atoms with Crippen LogP contribution in [0.1, 0.15) is 30.9 Å². The first-order valence-electron chi connectivity index (χ1n) is 8.94. The molecular formula is C20H23N5O2S. The SMILES string of the molecule is COc1ccc(C)cc1NC(=O)CSc1nnnn1-c1ccc(C(C)C)cc1. The number of nitrogens with one attached hydrogen (secondary N) is 1. The fourth-order valence-corrected chi connectivity index (χ4v) is 3.36. The van der Waals surface area contributed by atoms with Crippen molar-refractivity contribution < 1.29 is 9.53 Å². The van der Waals surface area contributed by atoms with Gasteiger partial charge in [0.1, 0.15) is 5.75 Å². The van der Waals surface area contributed by atoms with Crippen LogP contribution in [0.15, 0.2) is 47.6 Å². The Morgan fingerprint density at radius 3 is 2.64 bits per heavy atom. The second kappa shape index (κ2) is 8.88. The van der Waals surface area contributed by atoms with Crippen molar-refractivity contribution in [1.29, 1.82) is 0 Å². The molecule has 3 rings (SSSR count). The molecule has 0 aliphatic rings. The van der Waals surface area contributed by atoms with Crippen molar-refractivity contribution in [2.24, 2.45) is 0 Å². The molecule has 8 heteroatoms. The van der Waals surface area contributed by atoms with E-state index in [4.69, 9.17) is 4.74 Å². The lowest BCUT2D eigenvalue weighted by atomic mass is 10.0. The Morgan fingerprint density at radius 1 is 1.21 bits per heavy atom. The zero-order valence-corrected chi connectivity index (χ0v) is 17.2. The molecule has 0 saturated carbocycles. The molecular weight excluding hydrogens is 374 g/mol. The molecule has 28 heavy (non-hydrogen) atoms. The zero-order valence-electron chi connectivity index (χ0n) is 16.3. The Bertz CT molecular complexity index is 953. The van der Waals surface area contributed by atoms with Gasteiger partial charge in [-0.25, -0.2) is 0 Å². The lowest BCUT2D eigenvalue weighted by molar-refractivity contribution is -0.113. The summed E-state index contributed by atoms with van der Waals surface area (Å²) in [6, 6.07) is 13.7. The van der Waals surface area contributed by atoms with E-state index in [0.717, 1.165) is 11.3 Å². The summed E-state index contributed by atoms with van der Waals surface area (Å²) in [5.41, 5.74) is 3.80. The fraction of sp³-hybridized carbons (Fsp3) is 0.300. The van der Waals surface area contributed by atoms with Crippen LogP contribution in [0.5, 0.6) is 5.75 Å². The number of nitrogens with zero attached hydrogens (tertiary/aromatic N) is 4. The third-order valence-electron chi connectivity index (χ3n) is 4.21. The highest BCUT2D eigenvalue weighted by Gasteiger charge is 2.13. The average molecular weight is 398 g/mol. The number of thioether (sulfide) groups is 1. The van der Waals surface area contributed by atoms with E-state index in [1.807, 2.05) is 37.3 Å². The standard InChI is InChI=1S/C20H23N5O2S/c1-13(2)15-6-8-16(9-7-15)25-20(22-23-24-25)28-12-19(26)21-17-11-14(3)5-10-18(17)27-4/h5-11,13H,12H2,1-4H3,(H,21,26). The van der Waals surface area contributed by atoms with Crippen molar-refractivity contribution in [3.8, 4) is 11.4 Å². The van der Waals surface area contributed by atoms with Crippen LogP contribution in [0.3, 0.4) is 0 Å². The van der Waals surface area contributed by atoms with Gasteiger partial charge >= 0.3 is 0 Å². The Kier molecular flexibility index (Phi) is 6.30. The lowest BCUT2D eigenvalue weighted by Gasteiger charge is -2.11. The first-order chi connectivity index (χ1) is 13.5. The van der Waals surface area contributed by atoms with Crippen molar-refractivity contribution in [2.75, 3.05) is 18.2 Å². The van der Waals surface area contributed by atoms with Crippen LogP contribution in [0.25, 0.3) is 5.69 Å². The minimum absolute atomic E-state index is 0.154. The van der Waals surface area contributed by atoms with Gasteiger partial charge in [-0.1, -0.05) is 43.8 Å². The maximum absolute atomic E-state index is 12.4. The first-order valence-corrected chi connectivity index (χ1v) is 9.92. The number of rotatable bonds is 7. The molecule has 1 heterocycles. The lowest BCUT2D eigenvalue weighted by Crippen LogP contribution is -2.15. The first kappa shape index (κ1) is 19.9. The summed E-state index contributed by atoms with van der Waals surface area (Å²) in [5.74, 6) is 1.11. The molecule has 0 aliphatic carbocycles. The molecule has 1 aromatic heterocycles. The minimum atomic E-state index is -0.154. The van der Waals surface area contributed by atoms with Crippen LogP contribution in [0, 0.1) is 6.92 Å². The van der Waals surface area contributed by atoms with E-state index in [9.17, 15) is 4.79 Å². The number of carbonyl (C=O) groups is 1. The topological polar surface area (TPSA) is 81.9 Å². The smallest absolute Gasteiger partial charge is 0.234 e. The van der Waals surface area contributed by atoms with Crippen LogP contribution >= 0.6 is 11.8 Å². The van der Waals surface area contributed by atoms with E-state index in [0.29, 0.717) is 22.5 Å². The molecule has 2 aromatic carbocycles. The van der Waals surface area contributed by atoms with Crippen molar-refractivity contribution >= 4 is 23.4 Å². The largest absolute Gasteiger partial charge is 0.495 e. The van der Waals surface area contributed by atoms with Gasteiger partial charge in [0.05, 0.1) is 24.2 Å². The maximum atomic E-state index is 12.4. The molecule has 3 aromatic rings. The number of benzene rings is 2. The van der Waals surface area contributed by atoms with Gasteiger partial charge in [-0.2, -0.15) is 4.68 Å². The summed E-state index contributed by atoms with van der Waals surface area (Å²) in [5, 5.41) is 15.3. The Balaban J connectivity index is 1.67. The normalized spacial score (nSPS) is 10.9. The number of anilines is 1. The second-order valence-electron chi connectivity index (χ2n) is 6.66. The van der Waals surface area contributed by atoms with Gasteiger partial charge in [0.15, 0.2) is 0 Å². The molecule has 0 saturated heterocycles. The van der Waals surface area contributed by atoms with E-state index >= 15 is 0 Å². The molecule has 1 amide bonds. The van der Waals surface area contributed by atoms with Crippen LogP contribution in [0.2, 0.25) is 0 Å². The summed E-state index contributed by atoms with van der Waals surface area (Å²) in [4.78, 5) is 12.4. The van der Waals surface area contributed by atoms with Gasteiger partial charge in [0, 0.05) is 0 Å². The average Bonchev–Trinajstić information content (AvgIpc) is 3.15. The predicted molar refractivity (Wildman–Crippen MR) is 110 cm³/mol. The minimum Gasteiger partial charge on any atom is -0.495 e. The van der Waals surface area contributed by atoms with E-state index in [-0.39, 0.29) is 11.7 Å². The summed E-state index contributed by atoms with van der Waals surface area (Å²) in [6.07, 6.45) is 0. The second-order valence-corrected chi connectivity index (χ2v) is 7.60. The number of ether oxygens (including phenoxy) is 1. The van der Waals surface area contributed by atoms with Gasteiger partial charge < -0.3 is 10.1 Å². The van der Waals surface area contributed by atoms with Crippen molar-refractivity contribution in [3.63, 3.8) is 0 Å². The number of methoxy groups -OCH3 is 1. The van der Waals surface area contributed by atoms with E-state index in [1.54, 1.807) is 11.8 Å². The number of aromatic nitrogens is 4. The highest BCUT2D eigenvalue weighted by Crippen LogP contribution is 2.26. The number of hydrogen-bond donors (Lipinski definition) is 1. The Hall–Kier alpha value is -2.87. The number of carbonyl (C=O) groups excluding carboxylic acids is 1. The molecule has 0 fully saturated rings. The summed E-state index contributed by atoms with van der Waals surface area (Å²) >= 11 is 1.28. The van der Waals surface area contributed by atoms with Crippen LogP contribution < -0.4 is 10.1 Å². The molecule has 0 radical (unpaired) electrons. The molecule has 146 valence electrons. The summed E-state index contributed by atoms with van der Waals surface area (Å²) in [7, 11) is 1.58. The number of aryl methyl sites for hydroxylation is 1. The van der Waals surface area contributed by atoms with Gasteiger partial charge in [0.25, 0.3) is 0 Å². The monoisotopic (exact) mass is 397 g/mol. The molecule has 0 unspecified atom stereocenters. The Labute approximate surface area is 168 Å². The quantitative estimate of drug-likeness (QED) is 0.610. The molecule has 1 N–H and O–H groups in total. The molecule has 0 bridgehead atoms. The predicted octanol–water partition coefficient (Wildman–Crippen LogP) is 3.83. The van der Waals surface area contributed by atoms with E-state index in [1.165, 1.54) is 17.3 Å². The van der Waals surface area contributed by atoms with Crippen molar-refractivity contribution in [1.82, 2.24) is 20.2 Å². The molecule has 7 nitrogen and oxygen atoms in total. The van der Waals surface area contributed by atoms with Gasteiger partial charge in [-0.05, 0) is 58.7 Å². The molecule has 0 atom stereocenters. The third kappa shape index (κ3) is 4.69. The zero-order chi connectivity index (χ0) is 20.1. The number of tetrazole rings is 1.